The van der Waals surface area contributed by atoms with E-state index in [2.05, 4.69) is 33.8 Å². The SMILES string of the molecule is O=c1nc2n(c3c1C1(CCCCC1)Cc1ccccc1-3)CCS2. The number of thioether (sulfide) groups is 1. The van der Waals surface area contributed by atoms with E-state index in [0.717, 1.165) is 42.3 Å². The number of hydrogen-bond acceptors (Lipinski definition) is 3. The molecule has 1 saturated carbocycles. The average molecular weight is 324 g/mol. The van der Waals surface area contributed by atoms with E-state index in [9.17, 15) is 4.79 Å². The highest BCUT2D eigenvalue weighted by Gasteiger charge is 2.43. The van der Waals surface area contributed by atoms with Crippen LogP contribution in [0, 0.1) is 0 Å². The predicted molar refractivity (Wildman–Crippen MR) is 93.1 cm³/mol. The second kappa shape index (κ2) is 4.97. The first-order chi connectivity index (χ1) is 11.3. The minimum absolute atomic E-state index is 0.0291. The van der Waals surface area contributed by atoms with Gasteiger partial charge in [-0.2, -0.15) is 4.98 Å². The van der Waals surface area contributed by atoms with Gasteiger partial charge in [0.1, 0.15) is 0 Å². The molecule has 2 aromatic rings. The maximum Gasteiger partial charge on any atom is 0.278 e. The van der Waals surface area contributed by atoms with E-state index in [1.807, 2.05) is 0 Å². The van der Waals surface area contributed by atoms with Crippen LogP contribution in [0.2, 0.25) is 0 Å². The minimum Gasteiger partial charge on any atom is -0.319 e. The zero-order valence-corrected chi connectivity index (χ0v) is 14.0. The van der Waals surface area contributed by atoms with Crippen LogP contribution in [0.25, 0.3) is 11.3 Å². The molecule has 0 saturated heterocycles. The molecule has 23 heavy (non-hydrogen) atoms. The third-order valence-electron chi connectivity index (χ3n) is 5.84. The summed E-state index contributed by atoms with van der Waals surface area (Å²) < 4.78 is 2.32. The number of aromatic nitrogens is 2. The average Bonchev–Trinajstić information content (AvgIpc) is 3.03. The monoisotopic (exact) mass is 324 g/mol. The van der Waals surface area contributed by atoms with E-state index in [4.69, 9.17) is 0 Å². The lowest BCUT2D eigenvalue weighted by Gasteiger charge is -2.42. The fourth-order valence-electron chi connectivity index (χ4n) is 4.85. The van der Waals surface area contributed by atoms with Gasteiger partial charge in [-0.25, -0.2) is 0 Å². The summed E-state index contributed by atoms with van der Waals surface area (Å²) in [4.78, 5) is 17.4. The van der Waals surface area contributed by atoms with Gasteiger partial charge in [0.25, 0.3) is 5.56 Å². The number of nitrogens with zero attached hydrogens (tertiary/aromatic N) is 2. The summed E-state index contributed by atoms with van der Waals surface area (Å²) in [7, 11) is 0. The zero-order valence-electron chi connectivity index (χ0n) is 13.2. The molecule has 3 aliphatic rings. The van der Waals surface area contributed by atoms with Crippen LogP contribution in [-0.4, -0.2) is 15.3 Å². The molecular weight excluding hydrogens is 304 g/mol. The van der Waals surface area contributed by atoms with Gasteiger partial charge in [0.15, 0.2) is 5.16 Å². The molecule has 1 aliphatic heterocycles. The van der Waals surface area contributed by atoms with Gasteiger partial charge in [-0.3, -0.25) is 4.79 Å². The molecule has 1 aromatic carbocycles. The van der Waals surface area contributed by atoms with Crippen molar-refractivity contribution in [1.29, 1.82) is 0 Å². The van der Waals surface area contributed by atoms with Crippen LogP contribution in [-0.2, 0) is 18.4 Å². The largest absolute Gasteiger partial charge is 0.319 e. The summed E-state index contributed by atoms with van der Waals surface area (Å²) in [6.45, 7) is 0.972. The third-order valence-corrected chi connectivity index (χ3v) is 6.79. The summed E-state index contributed by atoms with van der Waals surface area (Å²) in [5.74, 6) is 1.03. The molecule has 4 heteroatoms. The Hall–Kier alpha value is -1.55. The van der Waals surface area contributed by atoms with Crippen LogP contribution >= 0.6 is 11.8 Å². The van der Waals surface area contributed by atoms with E-state index in [1.54, 1.807) is 11.8 Å². The summed E-state index contributed by atoms with van der Waals surface area (Å²) in [6, 6.07) is 8.69. The summed E-state index contributed by atoms with van der Waals surface area (Å²) in [6.07, 6.45) is 7.05. The Balaban J connectivity index is 1.87. The molecule has 1 aromatic heterocycles. The zero-order chi connectivity index (χ0) is 15.4. The summed E-state index contributed by atoms with van der Waals surface area (Å²) in [5, 5.41) is 0.913. The van der Waals surface area contributed by atoms with Gasteiger partial charge in [-0.05, 0) is 24.8 Å². The van der Waals surface area contributed by atoms with Crippen LogP contribution in [0.3, 0.4) is 0 Å². The van der Waals surface area contributed by atoms with E-state index in [1.165, 1.54) is 36.1 Å². The Morgan fingerprint density at radius 1 is 1.13 bits per heavy atom. The molecular formula is C19H20N2OS. The number of rotatable bonds is 0. The van der Waals surface area contributed by atoms with Crippen molar-refractivity contribution in [3.8, 4) is 11.3 Å². The highest BCUT2D eigenvalue weighted by atomic mass is 32.2. The molecule has 0 radical (unpaired) electrons. The molecule has 0 atom stereocenters. The van der Waals surface area contributed by atoms with Crippen molar-refractivity contribution in [2.45, 2.75) is 55.6 Å². The van der Waals surface area contributed by atoms with Gasteiger partial charge < -0.3 is 4.57 Å². The topological polar surface area (TPSA) is 34.9 Å². The fraction of sp³-hybridized carbons (Fsp3) is 0.474. The normalized spacial score (nSPS) is 20.9. The molecule has 1 fully saturated rings. The van der Waals surface area contributed by atoms with Gasteiger partial charge in [0, 0.05) is 23.3 Å². The first-order valence-electron chi connectivity index (χ1n) is 8.65. The first-order valence-corrected chi connectivity index (χ1v) is 9.63. The molecule has 0 bridgehead atoms. The molecule has 3 nitrogen and oxygen atoms in total. The van der Waals surface area contributed by atoms with Gasteiger partial charge in [0.05, 0.1) is 11.3 Å². The Morgan fingerprint density at radius 3 is 2.83 bits per heavy atom. The number of fused-ring (bicyclic) bond motifs is 6. The second-order valence-corrected chi connectivity index (χ2v) is 8.16. The maximum absolute atomic E-state index is 13.0. The lowest BCUT2D eigenvalue weighted by atomic mass is 9.62. The highest BCUT2D eigenvalue weighted by molar-refractivity contribution is 7.99. The third kappa shape index (κ3) is 1.90. The van der Waals surface area contributed by atoms with E-state index in [-0.39, 0.29) is 11.0 Å². The molecule has 118 valence electrons. The van der Waals surface area contributed by atoms with E-state index < -0.39 is 0 Å². The van der Waals surface area contributed by atoms with Gasteiger partial charge in [-0.1, -0.05) is 55.3 Å². The van der Waals surface area contributed by atoms with Crippen LogP contribution in [0.15, 0.2) is 34.2 Å². The fourth-order valence-corrected chi connectivity index (χ4v) is 5.80. The molecule has 2 heterocycles. The Labute approximate surface area is 140 Å². The number of benzene rings is 1. The first kappa shape index (κ1) is 13.8. The van der Waals surface area contributed by atoms with Crippen molar-refractivity contribution in [1.82, 2.24) is 9.55 Å². The van der Waals surface area contributed by atoms with Crippen LogP contribution < -0.4 is 5.56 Å². The Bertz CT molecular complexity index is 849. The smallest absolute Gasteiger partial charge is 0.278 e. The lowest BCUT2D eigenvalue weighted by Crippen LogP contribution is -2.41. The molecule has 2 aliphatic carbocycles. The highest BCUT2D eigenvalue weighted by Crippen LogP contribution is 2.49. The van der Waals surface area contributed by atoms with Crippen LogP contribution in [0.4, 0.5) is 0 Å². The van der Waals surface area contributed by atoms with Crippen molar-refractivity contribution >= 4 is 11.8 Å². The van der Waals surface area contributed by atoms with Crippen molar-refractivity contribution in [2.24, 2.45) is 0 Å². The van der Waals surface area contributed by atoms with Crippen molar-refractivity contribution in [3.63, 3.8) is 0 Å². The minimum atomic E-state index is 0.0291. The summed E-state index contributed by atoms with van der Waals surface area (Å²) in [5.41, 5.74) is 4.97. The molecule has 1 spiro atoms. The van der Waals surface area contributed by atoms with Crippen molar-refractivity contribution < 1.29 is 0 Å². The van der Waals surface area contributed by atoms with Gasteiger partial charge >= 0.3 is 0 Å². The van der Waals surface area contributed by atoms with Crippen molar-refractivity contribution in [2.75, 3.05) is 5.75 Å². The van der Waals surface area contributed by atoms with Gasteiger partial charge in [-0.15, -0.1) is 0 Å². The number of hydrogen-bond donors (Lipinski definition) is 0. The Morgan fingerprint density at radius 2 is 1.96 bits per heavy atom. The molecule has 5 rings (SSSR count). The quantitative estimate of drug-likeness (QED) is 0.692. The molecule has 0 amide bonds. The van der Waals surface area contributed by atoms with Crippen molar-refractivity contribution in [3.05, 3.63) is 45.7 Å². The van der Waals surface area contributed by atoms with Gasteiger partial charge in [0.2, 0.25) is 0 Å². The van der Waals surface area contributed by atoms with Crippen LogP contribution in [0.1, 0.15) is 43.2 Å². The second-order valence-electron chi connectivity index (χ2n) is 7.10. The van der Waals surface area contributed by atoms with Crippen LogP contribution in [0.5, 0.6) is 0 Å². The standard InChI is InChI=1S/C19H20N2OS/c22-17-15-16(21-10-11-23-18(21)20-17)14-7-3-2-6-13(14)12-19(15)8-4-1-5-9-19/h2-3,6-7H,1,4-5,8-12H2. The predicted octanol–water partition coefficient (Wildman–Crippen LogP) is 3.77. The Kier molecular flexibility index (Phi) is 2.99. The molecule has 0 unspecified atom stereocenters. The lowest BCUT2D eigenvalue weighted by molar-refractivity contribution is 0.283. The molecule has 0 N–H and O–H groups in total. The van der Waals surface area contributed by atoms with E-state index >= 15 is 0 Å². The maximum atomic E-state index is 13.0. The summed E-state index contributed by atoms with van der Waals surface area (Å²) >= 11 is 1.72. The van der Waals surface area contributed by atoms with E-state index in [0.29, 0.717) is 0 Å².